The number of rotatable bonds is 14. The van der Waals surface area contributed by atoms with Gasteiger partial charge in [-0.1, -0.05) is 37.3 Å². The van der Waals surface area contributed by atoms with Crippen LogP contribution < -0.4 is 21.0 Å². The number of esters is 1. The Hall–Kier alpha value is -5.64. The number of amides is 3. The molecule has 15 heteroatoms. The highest BCUT2D eigenvalue weighted by Crippen LogP contribution is 2.32. The van der Waals surface area contributed by atoms with E-state index in [1.165, 1.54) is 35.7 Å². The number of piperidine rings is 1. The van der Waals surface area contributed by atoms with Crippen molar-refractivity contribution >= 4 is 50.9 Å². The highest BCUT2D eigenvalue weighted by Gasteiger charge is 2.35. The highest BCUT2D eigenvalue weighted by molar-refractivity contribution is 7.89. The second kappa shape index (κ2) is 19.2. The molecule has 4 N–H and O–H groups in total. The maximum absolute atomic E-state index is 14.0. The van der Waals surface area contributed by atoms with E-state index >= 15 is 0 Å². The minimum atomic E-state index is -3.99. The first kappa shape index (κ1) is 42.0. The van der Waals surface area contributed by atoms with Crippen molar-refractivity contribution in [1.29, 1.82) is 0 Å². The van der Waals surface area contributed by atoms with Crippen LogP contribution in [0.1, 0.15) is 94.2 Å². The molecule has 1 aliphatic heterocycles. The number of carbonyl (C=O) groups is 4. The molecule has 1 aliphatic carbocycles. The van der Waals surface area contributed by atoms with Gasteiger partial charge in [-0.2, -0.15) is 4.31 Å². The number of sulfonamides is 1. The standard InChI is InChI=1S/C43H50N6O8S/c1-3-49(35-22-18-32(19-23-35)43(53)57-2)58(55,56)36-9-7-8-33(28-36)40(50)45-37-24-25-38(48-26-5-4-6-27-48)46-39(37)42(52)44-34-20-14-30(15-21-34)11-10-29-12-16-31(17-13-29)41(51)47-54/h7-9,12-17,20-21,24-25,28,32,35,54H,3-6,10-11,18-19,22-23,26-27H2,1-2H3,(H,44,52)(H,45,50)(H,47,51). The first-order valence-corrected chi connectivity index (χ1v) is 21.2. The first-order valence-electron chi connectivity index (χ1n) is 19.7. The zero-order chi connectivity index (χ0) is 41.2. The number of nitrogens with one attached hydrogen (secondary N) is 3. The molecule has 0 spiro atoms. The Balaban J connectivity index is 1.16. The average molecular weight is 811 g/mol. The summed E-state index contributed by atoms with van der Waals surface area (Å²) in [5.41, 5.74) is 4.86. The van der Waals surface area contributed by atoms with Crippen LogP contribution in [-0.4, -0.2) is 79.4 Å². The van der Waals surface area contributed by atoms with E-state index in [4.69, 9.17) is 14.9 Å². The summed E-state index contributed by atoms with van der Waals surface area (Å²) >= 11 is 0. The largest absolute Gasteiger partial charge is 0.469 e. The SMILES string of the molecule is CCN(C1CCC(C(=O)OC)CC1)S(=O)(=O)c1cccc(C(=O)Nc2ccc(N3CCCCC3)nc2C(=O)Nc2ccc(CCc3ccc(C(=O)NO)cc3)cc2)c1. The number of methoxy groups -OCH3 is 1. The fourth-order valence-corrected chi connectivity index (χ4v) is 9.40. The van der Waals surface area contributed by atoms with Crippen LogP contribution >= 0.6 is 0 Å². The Morgan fingerprint density at radius 3 is 2.07 bits per heavy atom. The molecule has 1 saturated carbocycles. The van der Waals surface area contributed by atoms with E-state index in [2.05, 4.69) is 15.5 Å². The number of carbonyl (C=O) groups excluding carboxylic acids is 4. The van der Waals surface area contributed by atoms with Crippen LogP contribution in [0.15, 0.2) is 89.8 Å². The zero-order valence-corrected chi connectivity index (χ0v) is 33.6. The minimum absolute atomic E-state index is 0.0160. The molecule has 14 nitrogen and oxygen atoms in total. The van der Waals surface area contributed by atoms with Crippen molar-refractivity contribution in [2.45, 2.75) is 75.6 Å². The van der Waals surface area contributed by atoms with Crippen LogP contribution in [0, 0.1) is 5.92 Å². The van der Waals surface area contributed by atoms with Gasteiger partial charge in [0.2, 0.25) is 10.0 Å². The van der Waals surface area contributed by atoms with E-state index in [0.717, 1.165) is 43.5 Å². The van der Waals surface area contributed by atoms with Gasteiger partial charge in [0.15, 0.2) is 5.69 Å². The predicted molar refractivity (Wildman–Crippen MR) is 220 cm³/mol. The average Bonchev–Trinajstić information content (AvgIpc) is 3.26. The lowest BCUT2D eigenvalue weighted by Gasteiger charge is -2.34. The van der Waals surface area contributed by atoms with Crippen LogP contribution in [-0.2, 0) is 32.4 Å². The summed E-state index contributed by atoms with van der Waals surface area (Å²) in [5.74, 6) is -1.60. The molecule has 6 rings (SSSR count). The van der Waals surface area contributed by atoms with Gasteiger partial charge in [0.1, 0.15) is 5.82 Å². The van der Waals surface area contributed by atoms with E-state index in [0.29, 0.717) is 55.6 Å². The van der Waals surface area contributed by atoms with Crippen LogP contribution in [0.3, 0.4) is 0 Å². The number of hydrogen-bond donors (Lipinski definition) is 4. The van der Waals surface area contributed by atoms with E-state index < -0.39 is 27.7 Å². The Kier molecular flexibility index (Phi) is 13.9. The molecule has 1 saturated heterocycles. The van der Waals surface area contributed by atoms with Crippen molar-refractivity contribution in [3.05, 3.63) is 113 Å². The molecule has 1 aromatic heterocycles. The van der Waals surface area contributed by atoms with E-state index in [1.807, 2.05) is 24.3 Å². The third-order valence-corrected chi connectivity index (χ3v) is 12.9. The van der Waals surface area contributed by atoms with E-state index in [1.54, 1.807) is 48.8 Å². The minimum Gasteiger partial charge on any atom is -0.469 e. The first-order chi connectivity index (χ1) is 28.0. The molecule has 0 radical (unpaired) electrons. The molecule has 2 heterocycles. The lowest BCUT2D eigenvalue weighted by Crippen LogP contribution is -2.43. The van der Waals surface area contributed by atoms with Gasteiger partial charge in [0, 0.05) is 42.5 Å². The number of aromatic nitrogens is 1. The molecule has 4 aromatic rings. The van der Waals surface area contributed by atoms with Crippen molar-refractivity contribution in [1.82, 2.24) is 14.8 Å². The topological polar surface area (TPSA) is 187 Å². The van der Waals surface area contributed by atoms with E-state index in [9.17, 15) is 27.6 Å². The number of hydroxylamine groups is 1. The van der Waals surface area contributed by atoms with Crippen molar-refractivity contribution in [3.63, 3.8) is 0 Å². The van der Waals surface area contributed by atoms with Crippen LogP contribution in [0.5, 0.6) is 0 Å². The van der Waals surface area contributed by atoms with E-state index in [-0.39, 0.29) is 46.3 Å². The fraction of sp³-hybridized carbons (Fsp3) is 0.372. The second-order valence-corrected chi connectivity index (χ2v) is 16.5. The quantitative estimate of drug-likeness (QED) is 0.0647. The molecule has 3 amide bonds. The summed E-state index contributed by atoms with van der Waals surface area (Å²) < 4.78 is 34.2. The Morgan fingerprint density at radius 1 is 0.793 bits per heavy atom. The van der Waals surface area contributed by atoms with Crippen LogP contribution in [0.4, 0.5) is 17.2 Å². The Morgan fingerprint density at radius 2 is 1.45 bits per heavy atom. The lowest BCUT2D eigenvalue weighted by atomic mass is 9.86. The molecule has 2 aliphatic rings. The lowest BCUT2D eigenvalue weighted by molar-refractivity contribution is -0.146. The van der Waals surface area contributed by atoms with Gasteiger partial charge in [0.05, 0.1) is 23.6 Å². The fourth-order valence-electron chi connectivity index (χ4n) is 7.66. The molecule has 2 fully saturated rings. The van der Waals surface area contributed by atoms with Crippen molar-refractivity contribution in [2.75, 3.05) is 42.3 Å². The molecular formula is C43H50N6O8S. The third-order valence-electron chi connectivity index (χ3n) is 10.9. The summed E-state index contributed by atoms with van der Waals surface area (Å²) in [7, 11) is -2.63. The molecule has 0 unspecified atom stereocenters. The normalized spacial score (nSPS) is 17.0. The Bertz CT molecular complexity index is 2200. The number of hydrogen-bond acceptors (Lipinski definition) is 10. The maximum Gasteiger partial charge on any atom is 0.308 e. The van der Waals surface area contributed by atoms with Gasteiger partial charge in [-0.15, -0.1) is 0 Å². The molecule has 3 aromatic carbocycles. The third kappa shape index (κ3) is 10.1. The Labute approximate surface area is 339 Å². The maximum atomic E-state index is 14.0. The number of aryl methyl sites for hydroxylation is 2. The predicted octanol–water partition coefficient (Wildman–Crippen LogP) is 6.22. The van der Waals surface area contributed by atoms with Gasteiger partial charge in [-0.05, 0) is 124 Å². The van der Waals surface area contributed by atoms with Crippen molar-refractivity contribution < 1.29 is 37.5 Å². The molecule has 0 atom stereocenters. The molecule has 58 heavy (non-hydrogen) atoms. The van der Waals surface area contributed by atoms with Gasteiger partial charge < -0.3 is 20.3 Å². The second-order valence-electron chi connectivity index (χ2n) is 14.6. The monoisotopic (exact) mass is 810 g/mol. The summed E-state index contributed by atoms with van der Waals surface area (Å²) in [6.45, 7) is 3.60. The number of pyridine rings is 1. The van der Waals surface area contributed by atoms with Gasteiger partial charge in [0.25, 0.3) is 17.7 Å². The molecular weight excluding hydrogens is 761 g/mol. The summed E-state index contributed by atoms with van der Waals surface area (Å²) in [6.07, 6.45) is 6.66. The number of ether oxygens (including phenoxy) is 1. The highest BCUT2D eigenvalue weighted by atomic mass is 32.2. The van der Waals surface area contributed by atoms with Crippen molar-refractivity contribution in [3.8, 4) is 0 Å². The van der Waals surface area contributed by atoms with Gasteiger partial charge in [-0.25, -0.2) is 18.9 Å². The van der Waals surface area contributed by atoms with Crippen LogP contribution in [0.2, 0.25) is 0 Å². The number of benzene rings is 3. The van der Waals surface area contributed by atoms with Gasteiger partial charge in [-0.3, -0.25) is 24.4 Å². The summed E-state index contributed by atoms with van der Waals surface area (Å²) in [6, 6.07) is 23.4. The summed E-state index contributed by atoms with van der Waals surface area (Å²) in [4.78, 5) is 58.2. The number of anilines is 3. The van der Waals surface area contributed by atoms with Gasteiger partial charge >= 0.3 is 5.97 Å². The molecule has 0 bridgehead atoms. The zero-order valence-electron chi connectivity index (χ0n) is 32.8. The smallest absolute Gasteiger partial charge is 0.308 e. The number of nitrogens with zero attached hydrogens (tertiary/aromatic N) is 3. The molecule has 306 valence electrons. The summed E-state index contributed by atoms with van der Waals surface area (Å²) in [5, 5.41) is 14.6. The van der Waals surface area contributed by atoms with Crippen LogP contribution in [0.25, 0.3) is 0 Å². The van der Waals surface area contributed by atoms with Crippen molar-refractivity contribution in [2.24, 2.45) is 5.92 Å².